The lowest BCUT2D eigenvalue weighted by molar-refractivity contribution is 0.612. The minimum atomic E-state index is -0.0669. The SMILES string of the molecule is Cc1ccc(C)c(NC2CCc3c(F)cccc32)c1. The number of aryl methyl sites for hydroxylation is 2. The highest BCUT2D eigenvalue weighted by Crippen LogP contribution is 2.35. The molecule has 1 unspecified atom stereocenters. The zero-order valence-electron chi connectivity index (χ0n) is 11.3. The Balaban J connectivity index is 1.91. The summed E-state index contributed by atoms with van der Waals surface area (Å²) < 4.78 is 13.7. The molecule has 0 aromatic heterocycles. The maximum Gasteiger partial charge on any atom is 0.126 e. The highest BCUT2D eigenvalue weighted by molar-refractivity contribution is 5.55. The van der Waals surface area contributed by atoms with Crippen LogP contribution in [0.4, 0.5) is 10.1 Å². The second-order valence-corrected chi connectivity index (χ2v) is 5.36. The van der Waals surface area contributed by atoms with Gasteiger partial charge in [-0.1, -0.05) is 24.3 Å². The largest absolute Gasteiger partial charge is 0.378 e. The predicted molar refractivity (Wildman–Crippen MR) is 77.0 cm³/mol. The van der Waals surface area contributed by atoms with Gasteiger partial charge >= 0.3 is 0 Å². The van der Waals surface area contributed by atoms with Gasteiger partial charge in [-0.3, -0.25) is 0 Å². The van der Waals surface area contributed by atoms with Crippen LogP contribution < -0.4 is 5.32 Å². The Hall–Kier alpha value is -1.83. The molecule has 0 spiro atoms. The van der Waals surface area contributed by atoms with Gasteiger partial charge in [-0.15, -0.1) is 0 Å². The Labute approximate surface area is 113 Å². The fourth-order valence-electron chi connectivity index (χ4n) is 2.84. The zero-order chi connectivity index (χ0) is 13.4. The van der Waals surface area contributed by atoms with Crippen LogP contribution in [0.2, 0.25) is 0 Å². The smallest absolute Gasteiger partial charge is 0.126 e. The number of fused-ring (bicyclic) bond motifs is 1. The third-order valence-electron chi connectivity index (χ3n) is 3.94. The topological polar surface area (TPSA) is 12.0 Å². The van der Waals surface area contributed by atoms with E-state index >= 15 is 0 Å². The van der Waals surface area contributed by atoms with Gasteiger partial charge in [0, 0.05) is 5.69 Å². The van der Waals surface area contributed by atoms with E-state index in [9.17, 15) is 4.39 Å². The first kappa shape index (κ1) is 12.2. The summed E-state index contributed by atoms with van der Waals surface area (Å²) in [5.41, 5.74) is 5.62. The average Bonchev–Trinajstić information content (AvgIpc) is 2.79. The van der Waals surface area contributed by atoms with Gasteiger partial charge in [-0.2, -0.15) is 0 Å². The van der Waals surface area contributed by atoms with E-state index in [-0.39, 0.29) is 11.9 Å². The predicted octanol–water partition coefficient (Wildman–Crippen LogP) is 4.54. The fraction of sp³-hybridized carbons (Fsp3) is 0.294. The van der Waals surface area contributed by atoms with Crippen LogP contribution in [-0.2, 0) is 6.42 Å². The molecule has 1 N–H and O–H groups in total. The lowest BCUT2D eigenvalue weighted by Crippen LogP contribution is -2.08. The van der Waals surface area contributed by atoms with E-state index in [2.05, 4.69) is 37.4 Å². The number of benzene rings is 2. The molecule has 19 heavy (non-hydrogen) atoms. The molecule has 2 heteroatoms. The van der Waals surface area contributed by atoms with E-state index in [1.807, 2.05) is 6.07 Å². The molecule has 2 aromatic carbocycles. The van der Waals surface area contributed by atoms with Gasteiger partial charge in [-0.25, -0.2) is 4.39 Å². The van der Waals surface area contributed by atoms with E-state index in [4.69, 9.17) is 0 Å². The molecule has 0 radical (unpaired) electrons. The standard InChI is InChI=1S/C17H18FN/c1-11-6-7-12(2)17(10-11)19-16-9-8-13-14(16)4-3-5-15(13)18/h3-7,10,16,19H,8-9H2,1-2H3. The normalized spacial score (nSPS) is 17.3. The maximum atomic E-state index is 13.7. The molecule has 98 valence electrons. The van der Waals surface area contributed by atoms with Crippen LogP contribution in [0.1, 0.15) is 34.7 Å². The van der Waals surface area contributed by atoms with Crippen molar-refractivity contribution in [1.82, 2.24) is 0 Å². The van der Waals surface area contributed by atoms with E-state index in [1.54, 1.807) is 12.1 Å². The Morgan fingerprint density at radius 3 is 2.84 bits per heavy atom. The molecule has 0 heterocycles. The Morgan fingerprint density at radius 1 is 1.16 bits per heavy atom. The third kappa shape index (κ3) is 2.23. The Kier molecular flexibility index (Phi) is 3.02. The average molecular weight is 255 g/mol. The van der Waals surface area contributed by atoms with Crippen molar-refractivity contribution in [2.45, 2.75) is 32.7 Å². The lowest BCUT2D eigenvalue weighted by Gasteiger charge is -2.18. The number of halogens is 1. The van der Waals surface area contributed by atoms with E-state index in [1.165, 1.54) is 11.1 Å². The first-order valence-electron chi connectivity index (χ1n) is 6.76. The van der Waals surface area contributed by atoms with Crippen molar-refractivity contribution in [3.63, 3.8) is 0 Å². The summed E-state index contributed by atoms with van der Waals surface area (Å²) in [5, 5.41) is 3.57. The molecule has 0 bridgehead atoms. The molecule has 1 atom stereocenters. The van der Waals surface area contributed by atoms with E-state index in [0.717, 1.165) is 29.7 Å². The summed E-state index contributed by atoms with van der Waals surface area (Å²) in [6.07, 6.45) is 1.79. The summed E-state index contributed by atoms with van der Waals surface area (Å²) >= 11 is 0. The molecule has 0 aliphatic heterocycles. The molecule has 2 aromatic rings. The van der Waals surface area contributed by atoms with Gasteiger partial charge in [0.2, 0.25) is 0 Å². The molecular weight excluding hydrogens is 237 g/mol. The quantitative estimate of drug-likeness (QED) is 0.830. The minimum absolute atomic E-state index is 0.0669. The Bertz CT molecular complexity index is 619. The molecule has 1 aliphatic rings. The van der Waals surface area contributed by atoms with Crippen molar-refractivity contribution in [3.05, 3.63) is 64.5 Å². The second kappa shape index (κ2) is 4.69. The number of hydrogen-bond acceptors (Lipinski definition) is 1. The molecule has 3 rings (SSSR count). The van der Waals surface area contributed by atoms with E-state index < -0.39 is 0 Å². The molecule has 1 aliphatic carbocycles. The molecule has 0 fully saturated rings. The monoisotopic (exact) mass is 255 g/mol. The number of rotatable bonds is 2. The van der Waals surface area contributed by atoms with Gasteiger partial charge in [-0.05, 0) is 61.1 Å². The zero-order valence-corrected chi connectivity index (χ0v) is 11.3. The number of nitrogens with one attached hydrogen (secondary N) is 1. The molecular formula is C17H18FN. The van der Waals surface area contributed by atoms with Gasteiger partial charge < -0.3 is 5.32 Å². The first-order chi connectivity index (χ1) is 9.15. The van der Waals surface area contributed by atoms with Crippen molar-refractivity contribution >= 4 is 5.69 Å². The first-order valence-corrected chi connectivity index (χ1v) is 6.76. The fourth-order valence-corrected chi connectivity index (χ4v) is 2.84. The number of anilines is 1. The highest BCUT2D eigenvalue weighted by Gasteiger charge is 2.24. The van der Waals surface area contributed by atoms with Gasteiger partial charge in [0.15, 0.2) is 0 Å². The molecule has 0 saturated heterocycles. The minimum Gasteiger partial charge on any atom is -0.378 e. The second-order valence-electron chi connectivity index (χ2n) is 5.36. The van der Waals surface area contributed by atoms with Gasteiger partial charge in [0.05, 0.1) is 6.04 Å². The summed E-state index contributed by atoms with van der Waals surface area (Å²) in [7, 11) is 0. The Morgan fingerprint density at radius 2 is 2.00 bits per heavy atom. The third-order valence-corrected chi connectivity index (χ3v) is 3.94. The molecule has 0 amide bonds. The van der Waals surface area contributed by atoms with Gasteiger partial charge in [0.1, 0.15) is 5.82 Å². The van der Waals surface area contributed by atoms with Crippen LogP contribution in [0.3, 0.4) is 0 Å². The van der Waals surface area contributed by atoms with Crippen molar-refractivity contribution < 1.29 is 4.39 Å². The van der Waals surface area contributed by atoms with Crippen LogP contribution in [0.25, 0.3) is 0 Å². The van der Waals surface area contributed by atoms with Crippen LogP contribution in [0.15, 0.2) is 36.4 Å². The van der Waals surface area contributed by atoms with Crippen molar-refractivity contribution in [1.29, 1.82) is 0 Å². The maximum absolute atomic E-state index is 13.7. The summed E-state index contributed by atoms with van der Waals surface area (Å²) in [6, 6.07) is 12.0. The van der Waals surface area contributed by atoms with Crippen LogP contribution in [0.5, 0.6) is 0 Å². The lowest BCUT2D eigenvalue weighted by atomic mass is 10.1. The van der Waals surface area contributed by atoms with Crippen molar-refractivity contribution in [3.8, 4) is 0 Å². The van der Waals surface area contributed by atoms with Crippen molar-refractivity contribution in [2.24, 2.45) is 0 Å². The number of hydrogen-bond donors (Lipinski definition) is 1. The van der Waals surface area contributed by atoms with Crippen LogP contribution in [0, 0.1) is 19.7 Å². The van der Waals surface area contributed by atoms with Crippen LogP contribution >= 0.6 is 0 Å². The van der Waals surface area contributed by atoms with E-state index in [0.29, 0.717) is 0 Å². The summed E-state index contributed by atoms with van der Waals surface area (Å²) in [5.74, 6) is -0.0669. The summed E-state index contributed by atoms with van der Waals surface area (Å²) in [6.45, 7) is 4.19. The van der Waals surface area contributed by atoms with Gasteiger partial charge in [0.25, 0.3) is 0 Å². The summed E-state index contributed by atoms with van der Waals surface area (Å²) in [4.78, 5) is 0. The molecule has 1 nitrogen and oxygen atoms in total. The molecule has 0 saturated carbocycles. The van der Waals surface area contributed by atoms with Crippen molar-refractivity contribution in [2.75, 3.05) is 5.32 Å². The van der Waals surface area contributed by atoms with Crippen LogP contribution in [-0.4, -0.2) is 0 Å². The highest BCUT2D eigenvalue weighted by atomic mass is 19.1.